The highest BCUT2D eigenvalue weighted by Gasteiger charge is 1.93. The first-order valence-electron chi connectivity index (χ1n) is 3.37. The van der Waals surface area contributed by atoms with Crippen molar-refractivity contribution in [2.75, 3.05) is 4.72 Å². The van der Waals surface area contributed by atoms with E-state index in [-0.39, 0.29) is 0 Å². The number of hydrogen-bond acceptors (Lipinski definition) is 2. The number of thiol groups is 1. The Labute approximate surface area is 70.2 Å². The Bertz CT molecular complexity index is 367. The topological polar surface area (TPSA) is 27.8 Å². The number of H-pyrrole nitrogens is 1. The van der Waals surface area contributed by atoms with Gasteiger partial charge in [0.05, 0.1) is 0 Å². The first kappa shape index (κ1) is 6.61. The number of aromatic nitrogens is 1. The molecule has 2 rings (SSSR count). The molecule has 11 heavy (non-hydrogen) atoms. The molecule has 0 amide bonds. The summed E-state index contributed by atoms with van der Waals surface area (Å²) in [5.74, 6) is 0. The largest absolute Gasteiger partial charge is 0.361 e. The Morgan fingerprint density at radius 1 is 1.27 bits per heavy atom. The zero-order valence-corrected chi connectivity index (χ0v) is 6.73. The number of hydrogen-bond donors (Lipinski definition) is 3. The molecule has 0 fully saturated rings. The molecule has 0 aliphatic carbocycles. The molecule has 0 aliphatic heterocycles. The van der Waals surface area contributed by atoms with Gasteiger partial charge < -0.3 is 9.71 Å². The molecule has 3 heteroatoms. The molecule has 1 aromatic heterocycles. The van der Waals surface area contributed by atoms with Crippen LogP contribution in [-0.4, -0.2) is 4.98 Å². The molecule has 0 atom stereocenters. The Kier molecular flexibility index (Phi) is 1.51. The number of nitrogens with one attached hydrogen (secondary N) is 2. The van der Waals surface area contributed by atoms with Gasteiger partial charge in [-0.2, -0.15) is 0 Å². The van der Waals surface area contributed by atoms with Crippen LogP contribution in [0.5, 0.6) is 0 Å². The third kappa shape index (κ3) is 1.07. The highest BCUT2D eigenvalue weighted by Crippen LogP contribution is 2.17. The van der Waals surface area contributed by atoms with E-state index in [1.807, 2.05) is 30.5 Å². The minimum Gasteiger partial charge on any atom is -0.361 e. The molecule has 1 heterocycles. The summed E-state index contributed by atoms with van der Waals surface area (Å²) in [6.45, 7) is 0. The van der Waals surface area contributed by atoms with Crippen LogP contribution in [-0.2, 0) is 0 Å². The third-order valence-corrected chi connectivity index (χ3v) is 1.94. The predicted octanol–water partition coefficient (Wildman–Crippen LogP) is 2.42. The van der Waals surface area contributed by atoms with E-state index in [4.69, 9.17) is 0 Å². The van der Waals surface area contributed by atoms with Crippen molar-refractivity contribution in [2.45, 2.75) is 0 Å². The van der Waals surface area contributed by atoms with Gasteiger partial charge in [-0.3, -0.25) is 0 Å². The number of fused-ring (bicyclic) bond motifs is 1. The third-order valence-electron chi connectivity index (χ3n) is 1.68. The molecule has 56 valence electrons. The van der Waals surface area contributed by atoms with E-state index in [9.17, 15) is 0 Å². The van der Waals surface area contributed by atoms with Gasteiger partial charge >= 0.3 is 0 Å². The smallest absolute Gasteiger partial charge is 0.0455 e. The molecule has 2 N–H and O–H groups in total. The van der Waals surface area contributed by atoms with Gasteiger partial charge in [0.2, 0.25) is 0 Å². The fourth-order valence-corrected chi connectivity index (χ4v) is 1.26. The average Bonchev–Trinajstić information content (AvgIpc) is 2.50. The quantitative estimate of drug-likeness (QED) is 0.555. The summed E-state index contributed by atoms with van der Waals surface area (Å²) in [5.41, 5.74) is 2.16. The van der Waals surface area contributed by atoms with Gasteiger partial charge in [0.15, 0.2) is 0 Å². The molecule has 0 unspecified atom stereocenters. The first-order valence-corrected chi connectivity index (χ1v) is 3.82. The van der Waals surface area contributed by atoms with Crippen LogP contribution in [0.3, 0.4) is 0 Å². The standard InChI is InChI=1S/C8H8N2S/c11-10-7-1-2-8-6(5-7)3-4-9-8/h1-5,9-11H. The molecule has 0 saturated heterocycles. The molecular weight excluding hydrogens is 156 g/mol. The Morgan fingerprint density at radius 2 is 2.18 bits per heavy atom. The van der Waals surface area contributed by atoms with Gasteiger partial charge in [-0.1, -0.05) is 12.8 Å². The molecule has 1 aromatic carbocycles. The van der Waals surface area contributed by atoms with Crippen molar-refractivity contribution in [1.29, 1.82) is 0 Å². The van der Waals surface area contributed by atoms with Gasteiger partial charge in [-0.05, 0) is 24.3 Å². The Balaban J connectivity index is 2.67. The molecule has 0 saturated carbocycles. The zero-order valence-electron chi connectivity index (χ0n) is 5.83. The number of anilines is 1. The van der Waals surface area contributed by atoms with Crippen molar-refractivity contribution in [3.05, 3.63) is 30.5 Å². The molecule has 0 radical (unpaired) electrons. The number of benzene rings is 1. The van der Waals surface area contributed by atoms with Gasteiger partial charge in [0, 0.05) is 22.8 Å². The fraction of sp³-hybridized carbons (Fsp3) is 0. The van der Waals surface area contributed by atoms with Crippen molar-refractivity contribution < 1.29 is 0 Å². The van der Waals surface area contributed by atoms with E-state index >= 15 is 0 Å². The predicted molar refractivity (Wildman–Crippen MR) is 50.9 cm³/mol. The van der Waals surface area contributed by atoms with E-state index in [1.165, 1.54) is 5.39 Å². The average molecular weight is 164 g/mol. The monoisotopic (exact) mass is 164 g/mol. The summed E-state index contributed by atoms with van der Waals surface area (Å²) >= 11 is 3.96. The molecule has 0 bridgehead atoms. The van der Waals surface area contributed by atoms with Crippen molar-refractivity contribution in [2.24, 2.45) is 0 Å². The van der Waals surface area contributed by atoms with E-state index in [0.29, 0.717) is 0 Å². The van der Waals surface area contributed by atoms with Gasteiger partial charge in [-0.15, -0.1) is 0 Å². The summed E-state index contributed by atoms with van der Waals surface area (Å²) in [7, 11) is 0. The fourth-order valence-electron chi connectivity index (χ4n) is 1.12. The lowest BCUT2D eigenvalue weighted by Gasteiger charge is -1.96. The molecular formula is C8H8N2S. The van der Waals surface area contributed by atoms with Gasteiger partial charge in [0.1, 0.15) is 0 Å². The van der Waals surface area contributed by atoms with E-state index in [2.05, 4.69) is 22.5 Å². The van der Waals surface area contributed by atoms with Crippen LogP contribution in [0.2, 0.25) is 0 Å². The van der Waals surface area contributed by atoms with Crippen LogP contribution in [0, 0.1) is 0 Å². The molecule has 2 nitrogen and oxygen atoms in total. The maximum Gasteiger partial charge on any atom is 0.0455 e. The summed E-state index contributed by atoms with van der Waals surface area (Å²) in [6, 6.07) is 8.07. The van der Waals surface area contributed by atoms with E-state index in [1.54, 1.807) is 0 Å². The summed E-state index contributed by atoms with van der Waals surface area (Å²) in [5, 5.41) is 1.20. The van der Waals surface area contributed by atoms with Crippen molar-refractivity contribution in [3.63, 3.8) is 0 Å². The lowest BCUT2D eigenvalue weighted by atomic mass is 10.2. The number of aromatic amines is 1. The van der Waals surface area contributed by atoms with Crippen LogP contribution in [0.15, 0.2) is 30.5 Å². The van der Waals surface area contributed by atoms with E-state index in [0.717, 1.165) is 11.2 Å². The van der Waals surface area contributed by atoms with Crippen LogP contribution in [0.1, 0.15) is 0 Å². The second kappa shape index (κ2) is 2.51. The minimum atomic E-state index is 1.01. The summed E-state index contributed by atoms with van der Waals surface area (Å²) in [4.78, 5) is 3.12. The van der Waals surface area contributed by atoms with Crippen LogP contribution >= 0.6 is 12.8 Å². The SMILES string of the molecule is SNc1ccc2[nH]ccc2c1. The second-order valence-corrected chi connectivity index (χ2v) is 2.62. The maximum absolute atomic E-state index is 3.96. The number of rotatable bonds is 1. The molecule has 2 aromatic rings. The normalized spacial score (nSPS) is 10.3. The minimum absolute atomic E-state index is 1.01. The summed E-state index contributed by atoms with van der Waals surface area (Å²) in [6.07, 6.45) is 1.92. The second-order valence-electron chi connectivity index (χ2n) is 2.39. The molecule has 0 aliphatic rings. The van der Waals surface area contributed by atoms with Crippen LogP contribution in [0.4, 0.5) is 5.69 Å². The lowest BCUT2D eigenvalue weighted by Crippen LogP contribution is -1.78. The molecule has 0 spiro atoms. The van der Waals surface area contributed by atoms with Gasteiger partial charge in [-0.25, -0.2) is 0 Å². The first-order chi connectivity index (χ1) is 5.40. The van der Waals surface area contributed by atoms with Crippen molar-refractivity contribution in [3.8, 4) is 0 Å². The zero-order chi connectivity index (χ0) is 7.68. The van der Waals surface area contributed by atoms with Crippen molar-refractivity contribution >= 4 is 29.4 Å². The van der Waals surface area contributed by atoms with Gasteiger partial charge in [0.25, 0.3) is 0 Å². The Morgan fingerprint density at radius 3 is 3.00 bits per heavy atom. The summed E-state index contributed by atoms with van der Waals surface area (Å²) < 4.78 is 2.79. The lowest BCUT2D eigenvalue weighted by molar-refractivity contribution is 1.48. The van der Waals surface area contributed by atoms with Crippen LogP contribution < -0.4 is 4.72 Å². The Hall–Kier alpha value is -1.09. The highest BCUT2D eigenvalue weighted by atomic mass is 32.1. The van der Waals surface area contributed by atoms with E-state index < -0.39 is 0 Å². The van der Waals surface area contributed by atoms with Crippen LogP contribution in [0.25, 0.3) is 10.9 Å². The highest BCUT2D eigenvalue weighted by molar-refractivity contribution is 7.81. The van der Waals surface area contributed by atoms with Crippen molar-refractivity contribution in [1.82, 2.24) is 4.98 Å². The maximum atomic E-state index is 3.96.